The van der Waals surface area contributed by atoms with E-state index in [4.69, 9.17) is 10.5 Å². The zero-order valence-corrected chi connectivity index (χ0v) is 9.22. The molecule has 1 aromatic heterocycles. The molecule has 3 nitrogen and oxygen atoms in total. The summed E-state index contributed by atoms with van der Waals surface area (Å²) in [6.07, 6.45) is 2.21. The summed E-state index contributed by atoms with van der Waals surface area (Å²) in [6.45, 7) is 3.72. The minimum atomic E-state index is 0.0554. The van der Waals surface area contributed by atoms with Gasteiger partial charge in [0, 0.05) is 30.6 Å². The number of hydrogen-bond acceptors (Lipinski definition) is 4. The van der Waals surface area contributed by atoms with Crippen molar-refractivity contribution >= 4 is 11.3 Å². The van der Waals surface area contributed by atoms with Crippen LogP contribution in [0.2, 0.25) is 0 Å². The van der Waals surface area contributed by atoms with E-state index in [9.17, 15) is 0 Å². The summed E-state index contributed by atoms with van der Waals surface area (Å²) in [5, 5.41) is 3.32. The molecule has 2 N–H and O–H groups in total. The van der Waals surface area contributed by atoms with Crippen molar-refractivity contribution in [2.75, 3.05) is 13.2 Å². The molecule has 78 valence electrons. The van der Waals surface area contributed by atoms with Gasteiger partial charge >= 0.3 is 0 Å². The van der Waals surface area contributed by atoms with E-state index < -0.39 is 0 Å². The van der Waals surface area contributed by atoms with E-state index in [0.717, 1.165) is 31.7 Å². The topological polar surface area (TPSA) is 48.1 Å². The van der Waals surface area contributed by atoms with E-state index in [2.05, 4.69) is 10.4 Å². The smallest absolute Gasteiger partial charge is 0.0961 e. The first-order valence-electron chi connectivity index (χ1n) is 5.06. The van der Waals surface area contributed by atoms with Crippen molar-refractivity contribution in [3.05, 3.63) is 16.1 Å². The van der Waals surface area contributed by atoms with Crippen molar-refractivity contribution in [1.29, 1.82) is 0 Å². The molecular formula is C10H16N2OS. The molecule has 0 aromatic carbocycles. The number of ether oxygens (including phenoxy) is 1. The first kappa shape index (κ1) is 10.1. The molecule has 2 heterocycles. The molecule has 1 aromatic rings. The highest BCUT2D eigenvalue weighted by Crippen LogP contribution is 2.30. The fourth-order valence-corrected chi connectivity index (χ4v) is 2.74. The molecule has 2 rings (SSSR count). The lowest BCUT2D eigenvalue weighted by molar-refractivity contribution is 0.0852. The molecule has 1 aliphatic heterocycles. The predicted octanol–water partition coefficient (Wildman–Crippen LogP) is 2.06. The Morgan fingerprint density at radius 1 is 1.57 bits per heavy atom. The first-order chi connectivity index (χ1) is 6.77. The fraction of sp³-hybridized carbons (Fsp3) is 0.700. The van der Waals surface area contributed by atoms with Gasteiger partial charge in [-0.1, -0.05) is 0 Å². The fourth-order valence-electron chi connectivity index (χ4n) is 1.64. The summed E-state index contributed by atoms with van der Waals surface area (Å²) in [7, 11) is 0. The number of nitrogens with two attached hydrogens (primary N) is 1. The van der Waals surface area contributed by atoms with Gasteiger partial charge in [-0.15, -0.1) is 11.3 Å². The van der Waals surface area contributed by atoms with Crippen LogP contribution < -0.4 is 5.73 Å². The standard InChI is InChI=1S/C10H16N2OS/c1-7(11)9-6-14-10(12-9)8-2-4-13-5-3-8/h6-8H,2-5,11H2,1H3. The van der Waals surface area contributed by atoms with E-state index in [1.807, 2.05) is 6.92 Å². The number of nitrogens with zero attached hydrogens (tertiary/aromatic N) is 1. The number of thiazole rings is 1. The van der Waals surface area contributed by atoms with Crippen LogP contribution in [0.4, 0.5) is 0 Å². The minimum absolute atomic E-state index is 0.0554. The van der Waals surface area contributed by atoms with Crippen LogP contribution in [0.1, 0.15) is 42.4 Å². The Bertz CT molecular complexity index is 292. The van der Waals surface area contributed by atoms with Gasteiger partial charge in [0.2, 0.25) is 0 Å². The monoisotopic (exact) mass is 212 g/mol. The summed E-state index contributed by atoms with van der Waals surface area (Å²) < 4.78 is 5.33. The third-order valence-electron chi connectivity index (χ3n) is 2.58. The van der Waals surface area contributed by atoms with Gasteiger partial charge in [0.1, 0.15) is 0 Å². The summed E-state index contributed by atoms with van der Waals surface area (Å²) >= 11 is 1.74. The van der Waals surface area contributed by atoms with Gasteiger partial charge in [-0.05, 0) is 19.8 Å². The molecule has 14 heavy (non-hydrogen) atoms. The molecule has 1 saturated heterocycles. The SMILES string of the molecule is CC(N)c1csc(C2CCOCC2)n1. The highest BCUT2D eigenvalue weighted by Gasteiger charge is 2.19. The van der Waals surface area contributed by atoms with Gasteiger partial charge in [-0.25, -0.2) is 4.98 Å². The number of hydrogen-bond donors (Lipinski definition) is 1. The van der Waals surface area contributed by atoms with Crippen LogP contribution in [0.25, 0.3) is 0 Å². The van der Waals surface area contributed by atoms with Crippen LogP contribution >= 0.6 is 11.3 Å². The van der Waals surface area contributed by atoms with Crippen molar-refractivity contribution in [3.8, 4) is 0 Å². The Morgan fingerprint density at radius 2 is 2.29 bits per heavy atom. The van der Waals surface area contributed by atoms with Gasteiger partial charge in [0.25, 0.3) is 0 Å². The van der Waals surface area contributed by atoms with Gasteiger partial charge in [-0.3, -0.25) is 0 Å². The molecule has 0 amide bonds. The average molecular weight is 212 g/mol. The summed E-state index contributed by atoms with van der Waals surface area (Å²) in [4.78, 5) is 4.57. The summed E-state index contributed by atoms with van der Waals surface area (Å²) in [6, 6.07) is 0.0554. The summed E-state index contributed by atoms with van der Waals surface area (Å²) in [5.41, 5.74) is 6.80. The first-order valence-corrected chi connectivity index (χ1v) is 5.94. The maximum atomic E-state index is 5.78. The lowest BCUT2D eigenvalue weighted by atomic mass is 10.0. The maximum absolute atomic E-state index is 5.78. The Labute approximate surface area is 88.3 Å². The molecule has 0 saturated carbocycles. The van der Waals surface area contributed by atoms with Gasteiger partial charge in [-0.2, -0.15) is 0 Å². The second kappa shape index (κ2) is 4.38. The van der Waals surface area contributed by atoms with Crippen LogP contribution in [0.3, 0.4) is 0 Å². The Morgan fingerprint density at radius 3 is 2.86 bits per heavy atom. The Balaban J connectivity index is 2.07. The van der Waals surface area contributed by atoms with Crippen LogP contribution in [0.15, 0.2) is 5.38 Å². The second-order valence-corrected chi connectivity index (χ2v) is 4.68. The van der Waals surface area contributed by atoms with Crippen LogP contribution in [-0.4, -0.2) is 18.2 Å². The van der Waals surface area contributed by atoms with Crippen LogP contribution in [0.5, 0.6) is 0 Å². The van der Waals surface area contributed by atoms with Gasteiger partial charge in [0.05, 0.1) is 10.7 Å². The molecule has 0 aliphatic carbocycles. The highest BCUT2D eigenvalue weighted by molar-refractivity contribution is 7.09. The van der Waals surface area contributed by atoms with E-state index in [-0.39, 0.29) is 6.04 Å². The van der Waals surface area contributed by atoms with Crippen molar-refractivity contribution in [2.24, 2.45) is 5.73 Å². The number of aromatic nitrogens is 1. The molecule has 0 radical (unpaired) electrons. The minimum Gasteiger partial charge on any atom is -0.381 e. The molecule has 1 unspecified atom stereocenters. The molecule has 1 atom stereocenters. The second-order valence-electron chi connectivity index (χ2n) is 3.79. The molecule has 0 bridgehead atoms. The molecule has 0 spiro atoms. The van der Waals surface area contributed by atoms with E-state index in [1.165, 1.54) is 5.01 Å². The maximum Gasteiger partial charge on any atom is 0.0961 e. The van der Waals surface area contributed by atoms with Crippen LogP contribution in [0, 0.1) is 0 Å². The zero-order chi connectivity index (χ0) is 9.97. The quantitative estimate of drug-likeness (QED) is 0.816. The normalized spacial score (nSPS) is 21.0. The zero-order valence-electron chi connectivity index (χ0n) is 8.40. The van der Waals surface area contributed by atoms with E-state index in [1.54, 1.807) is 11.3 Å². The van der Waals surface area contributed by atoms with Crippen molar-refractivity contribution in [3.63, 3.8) is 0 Å². The van der Waals surface area contributed by atoms with Crippen molar-refractivity contribution in [2.45, 2.75) is 31.7 Å². The molecule has 1 aliphatic rings. The molecular weight excluding hydrogens is 196 g/mol. The third-order valence-corrected chi connectivity index (χ3v) is 3.60. The van der Waals surface area contributed by atoms with Crippen LogP contribution in [-0.2, 0) is 4.74 Å². The third kappa shape index (κ3) is 2.13. The average Bonchev–Trinajstić information content (AvgIpc) is 2.68. The lowest BCUT2D eigenvalue weighted by Crippen LogP contribution is -2.14. The van der Waals surface area contributed by atoms with Gasteiger partial charge in [0.15, 0.2) is 0 Å². The molecule has 4 heteroatoms. The Hall–Kier alpha value is -0.450. The largest absolute Gasteiger partial charge is 0.381 e. The Kier molecular flexibility index (Phi) is 3.15. The molecule has 1 fully saturated rings. The van der Waals surface area contributed by atoms with E-state index >= 15 is 0 Å². The van der Waals surface area contributed by atoms with E-state index in [0.29, 0.717) is 5.92 Å². The highest BCUT2D eigenvalue weighted by atomic mass is 32.1. The van der Waals surface area contributed by atoms with Crippen molar-refractivity contribution < 1.29 is 4.74 Å². The lowest BCUT2D eigenvalue weighted by Gasteiger charge is -2.19. The number of rotatable bonds is 2. The predicted molar refractivity (Wildman–Crippen MR) is 57.5 cm³/mol. The summed E-state index contributed by atoms with van der Waals surface area (Å²) in [5.74, 6) is 0.598. The van der Waals surface area contributed by atoms with Gasteiger partial charge < -0.3 is 10.5 Å². The van der Waals surface area contributed by atoms with Crippen molar-refractivity contribution in [1.82, 2.24) is 4.98 Å².